The number of benzene rings is 2. The molecule has 0 saturated heterocycles. The molecule has 1 aliphatic heterocycles. The predicted molar refractivity (Wildman–Crippen MR) is 95.6 cm³/mol. The van der Waals surface area contributed by atoms with Gasteiger partial charge in [0.25, 0.3) is 11.8 Å². The van der Waals surface area contributed by atoms with Crippen LogP contribution in [0.3, 0.4) is 0 Å². The van der Waals surface area contributed by atoms with Gasteiger partial charge in [-0.25, -0.2) is 4.90 Å². The number of nitrogens with one attached hydrogen (secondary N) is 1. The van der Waals surface area contributed by atoms with Gasteiger partial charge in [0, 0.05) is 5.54 Å². The molecule has 0 saturated carbocycles. The zero-order chi connectivity index (χ0) is 18.2. The van der Waals surface area contributed by atoms with Crippen molar-refractivity contribution in [3.05, 3.63) is 65.2 Å². The highest BCUT2D eigenvalue weighted by molar-refractivity contribution is 6.34. The van der Waals surface area contributed by atoms with E-state index < -0.39 is 0 Å². The van der Waals surface area contributed by atoms with Crippen molar-refractivity contribution < 1.29 is 14.4 Å². The van der Waals surface area contributed by atoms with Crippen LogP contribution >= 0.6 is 0 Å². The molecule has 0 aromatic heterocycles. The molecule has 5 heteroatoms. The molecule has 0 aliphatic carbocycles. The molecule has 0 radical (unpaired) electrons. The number of fused-ring (bicyclic) bond motifs is 1. The number of imide groups is 1. The maximum absolute atomic E-state index is 12.5. The highest BCUT2D eigenvalue weighted by Crippen LogP contribution is 2.28. The molecule has 3 rings (SSSR count). The number of carbonyl (C=O) groups is 3. The monoisotopic (exact) mass is 336 g/mol. The molecule has 1 aliphatic rings. The largest absolute Gasteiger partial charge is 0.351 e. The van der Waals surface area contributed by atoms with E-state index in [-0.39, 0.29) is 29.7 Å². The van der Waals surface area contributed by atoms with Gasteiger partial charge in [-0.2, -0.15) is 0 Å². The number of hydrogen-bond donors (Lipinski definition) is 1. The predicted octanol–water partition coefficient (Wildman–Crippen LogP) is 2.94. The number of amides is 3. The summed E-state index contributed by atoms with van der Waals surface area (Å²) in [4.78, 5) is 38.1. The zero-order valence-corrected chi connectivity index (χ0v) is 14.5. The van der Waals surface area contributed by atoms with Gasteiger partial charge in [-0.1, -0.05) is 24.3 Å². The van der Waals surface area contributed by atoms with E-state index >= 15 is 0 Å². The van der Waals surface area contributed by atoms with Crippen LogP contribution in [-0.4, -0.2) is 23.3 Å². The number of anilines is 1. The highest BCUT2D eigenvalue weighted by Gasteiger charge is 2.36. The molecule has 25 heavy (non-hydrogen) atoms. The van der Waals surface area contributed by atoms with Crippen LogP contribution in [0.4, 0.5) is 5.69 Å². The van der Waals surface area contributed by atoms with E-state index in [9.17, 15) is 14.4 Å². The summed E-state index contributed by atoms with van der Waals surface area (Å²) in [6.45, 7) is 5.78. The first-order valence-corrected chi connectivity index (χ1v) is 8.14. The summed E-state index contributed by atoms with van der Waals surface area (Å²) in [6, 6.07) is 13.7. The van der Waals surface area contributed by atoms with Crippen molar-refractivity contribution in [3.8, 4) is 0 Å². The van der Waals surface area contributed by atoms with E-state index in [1.165, 1.54) is 4.90 Å². The fraction of sp³-hybridized carbons (Fsp3) is 0.250. The maximum Gasteiger partial charge on any atom is 0.266 e. The number of hydrogen-bond acceptors (Lipinski definition) is 3. The van der Waals surface area contributed by atoms with Crippen LogP contribution in [0.25, 0.3) is 0 Å². The summed E-state index contributed by atoms with van der Waals surface area (Å²) in [5.41, 5.74) is 1.88. The lowest BCUT2D eigenvalue weighted by Gasteiger charge is -2.20. The van der Waals surface area contributed by atoms with Gasteiger partial charge in [0.05, 0.1) is 23.2 Å². The molecule has 0 unspecified atom stereocenters. The molecule has 2 aromatic carbocycles. The molecule has 2 aromatic rings. The van der Waals surface area contributed by atoms with Gasteiger partial charge in [-0.15, -0.1) is 0 Å². The van der Waals surface area contributed by atoms with Gasteiger partial charge in [-0.05, 0) is 50.6 Å². The molecule has 0 atom stereocenters. The van der Waals surface area contributed by atoms with E-state index in [2.05, 4.69) is 5.32 Å². The summed E-state index contributed by atoms with van der Waals surface area (Å²) in [6.07, 6.45) is 0.250. The van der Waals surface area contributed by atoms with Crippen LogP contribution in [0, 0.1) is 0 Å². The first-order valence-electron chi connectivity index (χ1n) is 8.14. The van der Waals surface area contributed by atoms with Crippen LogP contribution in [-0.2, 0) is 11.2 Å². The van der Waals surface area contributed by atoms with Crippen LogP contribution in [0.2, 0.25) is 0 Å². The van der Waals surface area contributed by atoms with Crippen molar-refractivity contribution in [2.75, 3.05) is 4.90 Å². The Bertz CT molecular complexity index is 813. The number of rotatable bonds is 3. The van der Waals surface area contributed by atoms with E-state index in [1.54, 1.807) is 48.5 Å². The third-order valence-electron chi connectivity index (χ3n) is 3.87. The Morgan fingerprint density at radius 1 is 0.920 bits per heavy atom. The van der Waals surface area contributed by atoms with Crippen LogP contribution in [0.1, 0.15) is 47.1 Å². The Balaban J connectivity index is 1.77. The van der Waals surface area contributed by atoms with Gasteiger partial charge in [0.1, 0.15) is 0 Å². The molecule has 1 N–H and O–H groups in total. The van der Waals surface area contributed by atoms with Crippen molar-refractivity contribution in [2.45, 2.75) is 32.7 Å². The van der Waals surface area contributed by atoms with Gasteiger partial charge in [0.15, 0.2) is 0 Å². The van der Waals surface area contributed by atoms with Gasteiger partial charge in [0.2, 0.25) is 5.91 Å². The quantitative estimate of drug-likeness (QED) is 0.877. The summed E-state index contributed by atoms with van der Waals surface area (Å²) < 4.78 is 0. The molecule has 0 bridgehead atoms. The standard InChI is InChI=1S/C20H20N2O3/c1-20(2,3)21-17(23)12-13-8-10-14(11-9-13)22-18(24)15-6-4-5-7-16(15)19(22)25/h4-11H,12H2,1-3H3,(H,21,23). The van der Waals surface area contributed by atoms with E-state index in [1.807, 2.05) is 20.8 Å². The summed E-state index contributed by atoms with van der Waals surface area (Å²) in [5, 5.41) is 2.91. The second-order valence-corrected chi connectivity index (χ2v) is 7.13. The minimum Gasteiger partial charge on any atom is -0.351 e. The van der Waals surface area contributed by atoms with Crippen molar-refractivity contribution in [1.29, 1.82) is 0 Å². The molecule has 0 fully saturated rings. The average molecular weight is 336 g/mol. The SMILES string of the molecule is CC(C)(C)NC(=O)Cc1ccc(N2C(=O)c3ccccc3C2=O)cc1. The second-order valence-electron chi connectivity index (χ2n) is 7.13. The van der Waals surface area contributed by atoms with Crippen LogP contribution in [0.15, 0.2) is 48.5 Å². The Morgan fingerprint density at radius 2 is 1.44 bits per heavy atom. The molecule has 1 heterocycles. The lowest BCUT2D eigenvalue weighted by Crippen LogP contribution is -2.41. The topological polar surface area (TPSA) is 66.5 Å². The van der Waals surface area contributed by atoms with Gasteiger partial charge < -0.3 is 5.32 Å². The summed E-state index contributed by atoms with van der Waals surface area (Å²) in [7, 11) is 0. The third kappa shape index (κ3) is 3.45. The van der Waals surface area contributed by atoms with Crippen molar-refractivity contribution in [3.63, 3.8) is 0 Å². The lowest BCUT2D eigenvalue weighted by atomic mass is 10.1. The fourth-order valence-corrected chi connectivity index (χ4v) is 2.83. The molecular weight excluding hydrogens is 316 g/mol. The number of carbonyl (C=O) groups excluding carboxylic acids is 3. The fourth-order valence-electron chi connectivity index (χ4n) is 2.83. The summed E-state index contributed by atoms with van der Waals surface area (Å²) >= 11 is 0. The van der Waals surface area contributed by atoms with E-state index in [0.717, 1.165) is 5.56 Å². The Labute approximate surface area is 146 Å². The Hall–Kier alpha value is -2.95. The first kappa shape index (κ1) is 16.9. The van der Waals surface area contributed by atoms with Crippen LogP contribution < -0.4 is 10.2 Å². The second kappa shape index (κ2) is 6.16. The minimum absolute atomic E-state index is 0.0685. The Kier molecular flexibility index (Phi) is 4.17. The third-order valence-corrected chi connectivity index (χ3v) is 3.87. The normalized spacial score (nSPS) is 13.8. The lowest BCUT2D eigenvalue weighted by molar-refractivity contribution is -0.121. The smallest absolute Gasteiger partial charge is 0.266 e. The van der Waals surface area contributed by atoms with E-state index in [0.29, 0.717) is 16.8 Å². The molecule has 3 amide bonds. The zero-order valence-electron chi connectivity index (χ0n) is 14.5. The minimum atomic E-state index is -0.321. The van der Waals surface area contributed by atoms with Crippen LogP contribution in [0.5, 0.6) is 0 Å². The summed E-state index contributed by atoms with van der Waals surface area (Å²) in [5.74, 6) is -0.710. The average Bonchev–Trinajstić information content (AvgIpc) is 2.79. The molecule has 5 nitrogen and oxygen atoms in total. The van der Waals surface area contributed by atoms with Gasteiger partial charge in [-0.3, -0.25) is 14.4 Å². The van der Waals surface area contributed by atoms with E-state index in [4.69, 9.17) is 0 Å². The highest BCUT2D eigenvalue weighted by atomic mass is 16.2. The number of nitrogens with zero attached hydrogens (tertiary/aromatic N) is 1. The first-order chi connectivity index (χ1) is 11.8. The molecular formula is C20H20N2O3. The van der Waals surface area contributed by atoms with Crippen molar-refractivity contribution in [2.24, 2.45) is 0 Å². The van der Waals surface area contributed by atoms with Gasteiger partial charge >= 0.3 is 0 Å². The molecule has 0 spiro atoms. The molecule has 128 valence electrons. The van der Waals surface area contributed by atoms with Crippen molar-refractivity contribution in [1.82, 2.24) is 5.32 Å². The maximum atomic E-state index is 12.5. The van der Waals surface area contributed by atoms with Crippen molar-refractivity contribution >= 4 is 23.4 Å². The Morgan fingerprint density at radius 3 is 1.92 bits per heavy atom.